The number of carbonyl (C=O) groups is 1. The zero-order chi connectivity index (χ0) is 22.2. The number of hydrogen-bond donors (Lipinski definition) is 0. The Kier molecular flexibility index (Phi) is 5.44. The molecule has 1 unspecified atom stereocenters. The van der Waals surface area contributed by atoms with Crippen molar-refractivity contribution in [3.05, 3.63) is 34.8 Å². The Morgan fingerprint density at radius 2 is 2.16 bits per heavy atom. The third kappa shape index (κ3) is 4.26. The van der Waals surface area contributed by atoms with E-state index in [1.165, 1.54) is 15.6 Å². The van der Waals surface area contributed by atoms with Gasteiger partial charge >= 0.3 is 11.7 Å². The molecule has 0 aliphatic carbocycles. The molecule has 3 aromatic heterocycles. The lowest BCUT2D eigenvalue weighted by Gasteiger charge is -2.22. The highest BCUT2D eigenvalue weighted by Gasteiger charge is 2.27. The van der Waals surface area contributed by atoms with E-state index in [1.54, 1.807) is 39.2 Å². The fourth-order valence-electron chi connectivity index (χ4n) is 3.32. The van der Waals surface area contributed by atoms with Crippen molar-refractivity contribution in [1.29, 1.82) is 0 Å². The second-order valence-electron chi connectivity index (χ2n) is 8.50. The fourth-order valence-corrected chi connectivity index (χ4v) is 3.32. The van der Waals surface area contributed by atoms with Crippen LogP contribution < -0.4 is 0 Å². The molecule has 1 saturated heterocycles. The van der Waals surface area contributed by atoms with E-state index >= 15 is 0 Å². The molecule has 4 rings (SSSR count). The monoisotopic (exact) mass is 428 g/mol. The van der Waals surface area contributed by atoms with Gasteiger partial charge in [0.15, 0.2) is 12.4 Å². The van der Waals surface area contributed by atoms with E-state index in [-0.39, 0.29) is 30.3 Å². The van der Waals surface area contributed by atoms with Crippen LogP contribution in [-0.4, -0.2) is 42.0 Å². The van der Waals surface area contributed by atoms with Crippen LogP contribution in [-0.2, 0) is 21.0 Å². The largest absolute Gasteiger partial charge is 0.442 e. The summed E-state index contributed by atoms with van der Waals surface area (Å²) in [6.07, 6.45) is 6.92. The maximum absolute atomic E-state index is 12.1. The lowest BCUT2D eigenvalue weighted by molar-refractivity contribution is -0.384. The summed E-state index contributed by atoms with van der Waals surface area (Å²) in [6.45, 7) is 5.83. The van der Waals surface area contributed by atoms with Crippen LogP contribution >= 0.6 is 0 Å². The Labute approximate surface area is 178 Å². The summed E-state index contributed by atoms with van der Waals surface area (Å²) < 4.78 is 14.1. The summed E-state index contributed by atoms with van der Waals surface area (Å²) in [6, 6.07) is 1.66. The minimum absolute atomic E-state index is 0.0739. The molecule has 0 amide bonds. The molecule has 0 saturated carbocycles. The average molecular weight is 428 g/mol. The molecule has 0 aromatic carbocycles. The van der Waals surface area contributed by atoms with Crippen molar-refractivity contribution < 1.29 is 19.2 Å². The van der Waals surface area contributed by atoms with Crippen LogP contribution in [0.2, 0.25) is 0 Å². The van der Waals surface area contributed by atoms with Crippen molar-refractivity contribution in [2.45, 2.75) is 53.0 Å². The quantitative estimate of drug-likeness (QED) is 0.343. The van der Waals surface area contributed by atoms with Crippen LogP contribution in [0.1, 0.15) is 46.3 Å². The SMILES string of the molecule is CC(C)(C)C(=O)OCn1ncc2cnc(-c3nn(C4CCCCO4)cc3[N+](=O)[O-])cc21. The number of ether oxygens (including phenoxy) is 2. The first-order valence-electron chi connectivity index (χ1n) is 10.1. The number of fused-ring (bicyclic) bond motifs is 1. The van der Waals surface area contributed by atoms with Crippen molar-refractivity contribution in [3.8, 4) is 11.4 Å². The lowest BCUT2D eigenvalue weighted by Crippen LogP contribution is -2.24. The molecule has 1 aliphatic heterocycles. The number of nitrogens with zero attached hydrogens (tertiary/aromatic N) is 6. The highest BCUT2D eigenvalue weighted by Crippen LogP contribution is 2.32. The maximum atomic E-state index is 12.1. The first-order valence-corrected chi connectivity index (χ1v) is 10.1. The van der Waals surface area contributed by atoms with Crippen LogP contribution in [0.5, 0.6) is 0 Å². The minimum Gasteiger partial charge on any atom is -0.442 e. The standard InChI is InChI=1S/C20H24N6O5/c1-20(2,3)19(27)31-12-25-15-8-14(21-9-13(15)10-22-25)18-16(26(28)29)11-24(23-18)17-6-4-5-7-30-17/h8-11,17H,4-7,12H2,1-3H3. The Morgan fingerprint density at radius 1 is 1.35 bits per heavy atom. The Bertz CT molecular complexity index is 1120. The predicted octanol–water partition coefficient (Wildman–Crippen LogP) is 3.45. The molecule has 0 spiro atoms. The number of rotatable bonds is 5. The topological polar surface area (TPSA) is 127 Å². The molecule has 4 heterocycles. The van der Waals surface area contributed by atoms with Gasteiger partial charge in [-0.25, -0.2) is 9.36 Å². The van der Waals surface area contributed by atoms with Gasteiger partial charge in [0.25, 0.3) is 0 Å². The van der Waals surface area contributed by atoms with Gasteiger partial charge in [0.1, 0.15) is 12.4 Å². The van der Waals surface area contributed by atoms with Crippen molar-refractivity contribution in [2.75, 3.05) is 6.61 Å². The van der Waals surface area contributed by atoms with Crippen LogP contribution in [0.3, 0.4) is 0 Å². The molecule has 31 heavy (non-hydrogen) atoms. The van der Waals surface area contributed by atoms with Crippen LogP contribution in [0, 0.1) is 15.5 Å². The van der Waals surface area contributed by atoms with E-state index in [0.717, 1.165) is 19.3 Å². The van der Waals surface area contributed by atoms with Crippen LogP contribution in [0.4, 0.5) is 5.69 Å². The van der Waals surface area contributed by atoms with Gasteiger partial charge in [-0.2, -0.15) is 10.2 Å². The Morgan fingerprint density at radius 3 is 2.84 bits per heavy atom. The molecule has 1 fully saturated rings. The van der Waals surface area contributed by atoms with Gasteiger partial charge in [0, 0.05) is 18.2 Å². The van der Waals surface area contributed by atoms with Gasteiger partial charge in [-0.15, -0.1) is 0 Å². The first-order chi connectivity index (χ1) is 14.7. The molecular weight excluding hydrogens is 404 g/mol. The van der Waals surface area contributed by atoms with E-state index in [4.69, 9.17) is 9.47 Å². The summed E-state index contributed by atoms with van der Waals surface area (Å²) in [5, 5.41) is 21.0. The highest BCUT2D eigenvalue weighted by molar-refractivity contribution is 5.82. The second kappa shape index (κ2) is 8.06. The zero-order valence-electron chi connectivity index (χ0n) is 17.6. The van der Waals surface area contributed by atoms with Crippen molar-refractivity contribution in [1.82, 2.24) is 24.5 Å². The van der Waals surface area contributed by atoms with Gasteiger partial charge in [-0.3, -0.25) is 19.9 Å². The molecular formula is C20H24N6O5. The fraction of sp³-hybridized carbons (Fsp3) is 0.500. The highest BCUT2D eigenvalue weighted by atomic mass is 16.6. The van der Waals surface area contributed by atoms with Crippen LogP contribution in [0.15, 0.2) is 24.7 Å². The molecule has 11 nitrogen and oxygen atoms in total. The van der Waals surface area contributed by atoms with Gasteiger partial charge in [-0.1, -0.05) is 0 Å². The molecule has 164 valence electrons. The van der Waals surface area contributed by atoms with E-state index in [9.17, 15) is 14.9 Å². The number of pyridine rings is 1. The number of aromatic nitrogens is 5. The van der Waals surface area contributed by atoms with E-state index in [0.29, 0.717) is 23.2 Å². The van der Waals surface area contributed by atoms with E-state index in [2.05, 4.69) is 15.2 Å². The van der Waals surface area contributed by atoms with Crippen LogP contribution in [0.25, 0.3) is 22.3 Å². The smallest absolute Gasteiger partial charge is 0.316 e. The number of esters is 1. The normalized spacial score (nSPS) is 17.1. The number of carbonyl (C=O) groups excluding carboxylic acids is 1. The van der Waals surface area contributed by atoms with Gasteiger partial charge in [0.05, 0.1) is 27.7 Å². The molecule has 0 radical (unpaired) electrons. The predicted molar refractivity (Wildman–Crippen MR) is 110 cm³/mol. The summed E-state index contributed by atoms with van der Waals surface area (Å²) in [5.74, 6) is -0.354. The molecule has 0 N–H and O–H groups in total. The van der Waals surface area contributed by atoms with Crippen molar-refractivity contribution >= 4 is 22.6 Å². The molecule has 11 heteroatoms. The zero-order valence-corrected chi connectivity index (χ0v) is 17.6. The molecule has 1 atom stereocenters. The minimum atomic E-state index is -0.635. The van der Waals surface area contributed by atoms with Gasteiger partial charge < -0.3 is 9.47 Å². The maximum Gasteiger partial charge on any atom is 0.316 e. The van der Waals surface area contributed by atoms with E-state index in [1.807, 2.05) is 0 Å². The average Bonchev–Trinajstić information content (AvgIpc) is 3.36. The van der Waals surface area contributed by atoms with Crippen molar-refractivity contribution in [3.63, 3.8) is 0 Å². The van der Waals surface area contributed by atoms with Crippen molar-refractivity contribution in [2.24, 2.45) is 5.41 Å². The second-order valence-corrected chi connectivity index (χ2v) is 8.50. The number of nitro groups is 1. The molecule has 3 aromatic rings. The summed E-state index contributed by atoms with van der Waals surface area (Å²) >= 11 is 0. The Balaban J connectivity index is 1.67. The van der Waals surface area contributed by atoms with E-state index < -0.39 is 10.3 Å². The number of hydrogen-bond acceptors (Lipinski definition) is 8. The molecule has 1 aliphatic rings. The molecule has 0 bridgehead atoms. The summed E-state index contributed by atoms with van der Waals surface area (Å²) in [5.41, 5.74) is 0.332. The Hall–Kier alpha value is -3.34. The summed E-state index contributed by atoms with van der Waals surface area (Å²) in [4.78, 5) is 27.6. The van der Waals surface area contributed by atoms with Gasteiger partial charge in [-0.05, 0) is 46.1 Å². The third-order valence-corrected chi connectivity index (χ3v) is 5.06. The summed E-state index contributed by atoms with van der Waals surface area (Å²) in [7, 11) is 0. The first kappa shape index (κ1) is 20.9. The third-order valence-electron chi connectivity index (χ3n) is 5.06. The van der Waals surface area contributed by atoms with Gasteiger partial charge in [0.2, 0.25) is 0 Å². The lowest BCUT2D eigenvalue weighted by atomic mass is 9.98.